The van der Waals surface area contributed by atoms with Gasteiger partial charge in [-0.15, -0.1) is 0 Å². The fraction of sp³-hybridized carbons (Fsp3) is 0.923. The molecule has 1 saturated carbocycles. The molecule has 1 aliphatic heterocycles. The Morgan fingerprint density at radius 3 is 2.88 bits per heavy atom. The van der Waals surface area contributed by atoms with Crippen LogP contribution >= 0.6 is 0 Å². The molecule has 1 amide bonds. The predicted molar refractivity (Wildman–Crippen MR) is 66.4 cm³/mol. The third-order valence-corrected chi connectivity index (χ3v) is 4.47. The lowest BCUT2D eigenvalue weighted by Crippen LogP contribution is -2.72. The van der Waals surface area contributed by atoms with Gasteiger partial charge in [-0.05, 0) is 19.3 Å². The summed E-state index contributed by atoms with van der Waals surface area (Å²) in [6.45, 7) is 6.76. The molecule has 0 aromatic carbocycles. The summed E-state index contributed by atoms with van der Waals surface area (Å²) >= 11 is 0. The highest BCUT2D eigenvalue weighted by Crippen LogP contribution is 2.37. The minimum absolute atomic E-state index is 0.0126. The number of hydrogen-bond acceptors (Lipinski definition) is 3. The van der Waals surface area contributed by atoms with Crippen molar-refractivity contribution >= 4 is 5.91 Å². The SMILES string of the molecule is CCC(C)(C)C(=O)NC1C(N)C2CCCOC21. The van der Waals surface area contributed by atoms with E-state index in [1.807, 2.05) is 20.8 Å². The Bertz CT molecular complexity index is 304. The first kappa shape index (κ1) is 12.8. The summed E-state index contributed by atoms with van der Waals surface area (Å²) in [7, 11) is 0. The van der Waals surface area contributed by atoms with Gasteiger partial charge >= 0.3 is 0 Å². The molecule has 17 heavy (non-hydrogen) atoms. The Morgan fingerprint density at radius 2 is 2.24 bits per heavy atom. The van der Waals surface area contributed by atoms with Crippen molar-refractivity contribution in [1.29, 1.82) is 0 Å². The summed E-state index contributed by atoms with van der Waals surface area (Å²) in [5.41, 5.74) is 5.80. The zero-order chi connectivity index (χ0) is 12.6. The highest BCUT2D eigenvalue weighted by Gasteiger charge is 2.51. The Morgan fingerprint density at radius 1 is 1.53 bits per heavy atom. The second-order valence-electron chi connectivity index (χ2n) is 5.96. The van der Waals surface area contributed by atoms with E-state index < -0.39 is 0 Å². The standard InChI is InChI=1S/C13H24N2O2/c1-4-13(2,3)12(16)15-10-9(14)8-6-5-7-17-11(8)10/h8-11H,4-7,14H2,1-3H3,(H,15,16). The molecule has 0 radical (unpaired) electrons. The maximum Gasteiger partial charge on any atom is 0.226 e. The van der Waals surface area contributed by atoms with Gasteiger partial charge in [0.15, 0.2) is 0 Å². The lowest BCUT2D eigenvalue weighted by atomic mass is 9.68. The monoisotopic (exact) mass is 240 g/mol. The molecule has 0 aromatic rings. The highest BCUT2D eigenvalue weighted by atomic mass is 16.5. The molecular weight excluding hydrogens is 216 g/mol. The van der Waals surface area contributed by atoms with Gasteiger partial charge in [0.2, 0.25) is 5.91 Å². The molecule has 4 nitrogen and oxygen atoms in total. The second-order valence-corrected chi connectivity index (χ2v) is 5.96. The van der Waals surface area contributed by atoms with Crippen molar-refractivity contribution in [2.24, 2.45) is 17.1 Å². The normalized spacial score (nSPS) is 36.9. The number of carbonyl (C=O) groups excluding carboxylic acids is 1. The van der Waals surface area contributed by atoms with Crippen LogP contribution in [0.5, 0.6) is 0 Å². The van der Waals surface area contributed by atoms with Crippen LogP contribution in [-0.4, -0.2) is 30.7 Å². The molecule has 98 valence electrons. The summed E-state index contributed by atoms with van der Waals surface area (Å²) < 4.78 is 5.71. The van der Waals surface area contributed by atoms with Crippen LogP contribution in [0.15, 0.2) is 0 Å². The Balaban J connectivity index is 1.94. The quantitative estimate of drug-likeness (QED) is 0.775. The summed E-state index contributed by atoms with van der Waals surface area (Å²) in [4.78, 5) is 12.1. The van der Waals surface area contributed by atoms with Crippen LogP contribution in [0.4, 0.5) is 0 Å². The second kappa shape index (κ2) is 4.58. The van der Waals surface area contributed by atoms with Gasteiger partial charge in [-0.1, -0.05) is 20.8 Å². The summed E-state index contributed by atoms with van der Waals surface area (Å²) in [5.74, 6) is 0.534. The zero-order valence-electron chi connectivity index (χ0n) is 11.0. The third kappa shape index (κ3) is 2.20. The van der Waals surface area contributed by atoms with Crippen LogP contribution in [0.1, 0.15) is 40.0 Å². The Labute approximate surface area is 103 Å². The number of fused-ring (bicyclic) bond motifs is 1. The minimum Gasteiger partial charge on any atom is -0.376 e. The molecule has 0 bridgehead atoms. The molecule has 2 rings (SSSR count). The number of hydrogen-bond donors (Lipinski definition) is 2. The molecule has 2 fully saturated rings. The number of amides is 1. The number of nitrogens with two attached hydrogens (primary N) is 1. The summed E-state index contributed by atoms with van der Waals surface area (Å²) in [5, 5.41) is 3.07. The number of nitrogens with one attached hydrogen (secondary N) is 1. The van der Waals surface area contributed by atoms with Gasteiger partial charge in [0.1, 0.15) is 0 Å². The molecular formula is C13H24N2O2. The zero-order valence-corrected chi connectivity index (χ0v) is 11.0. The average molecular weight is 240 g/mol. The smallest absolute Gasteiger partial charge is 0.226 e. The molecule has 0 aromatic heterocycles. The van der Waals surface area contributed by atoms with Gasteiger partial charge in [0.05, 0.1) is 12.1 Å². The van der Waals surface area contributed by atoms with Gasteiger partial charge < -0.3 is 15.8 Å². The van der Waals surface area contributed by atoms with E-state index in [9.17, 15) is 4.79 Å². The van der Waals surface area contributed by atoms with Crippen molar-refractivity contribution in [3.63, 3.8) is 0 Å². The topological polar surface area (TPSA) is 64.4 Å². The Kier molecular flexibility index (Phi) is 3.46. The molecule has 2 aliphatic rings. The van der Waals surface area contributed by atoms with Crippen LogP contribution in [0.25, 0.3) is 0 Å². The van der Waals surface area contributed by atoms with Crippen LogP contribution in [-0.2, 0) is 9.53 Å². The first-order valence-corrected chi connectivity index (χ1v) is 6.65. The predicted octanol–water partition coefficient (Wildman–Crippen LogP) is 1.04. The number of rotatable bonds is 3. The fourth-order valence-corrected chi connectivity index (χ4v) is 2.63. The molecule has 4 heteroatoms. The molecule has 0 spiro atoms. The lowest BCUT2D eigenvalue weighted by Gasteiger charge is -2.52. The van der Waals surface area contributed by atoms with E-state index in [2.05, 4.69) is 5.32 Å². The van der Waals surface area contributed by atoms with Crippen molar-refractivity contribution < 1.29 is 9.53 Å². The number of ether oxygens (including phenoxy) is 1. The van der Waals surface area contributed by atoms with Crippen molar-refractivity contribution in [3.05, 3.63) is 0 Å². The van der Waals surface area contributed by atoms with E-state index in [0.717, 1.165) is 25.9 Å². The molecule has 1 aliphatic carbocycles. The highest BCUT2D eigenvalue weighted by molar-refractivity contribution is 5.82. The molecule has 4 atom stereocenters. The van der Waals surface area contributed by atoms with Crippen LogP contribution in [0.3, 0.4) is 0 Å². The van der Waals surface area contributed by atoms with Gasteiger partial charge in [-0.3, -0.25) is 4.79 Å². The van der Waals surface area contributed by atoms with Crippen molar-refractivity contribution in [2.75, 3.05) is 6.61 Å². The van der Waals surface area contributed by atoms with E-state index in [-0.39, 0.29) is 29.5 Å². The maximum absolute atomic E-state index is 12.1. The average Bonchev–Trinajstić information content (AvgIpc) is 2.34. The van der Waals surface area contributed by atoms with E-state index in [1.165, 1.54) is 0 Å². The van der Waals surface area contributed by atoms with Gasteiger partial charge in [-0.2, -0.15) is 0 Å². The Hall–Kier alpha value is -0.610. The van der Waals surface area contributed by atoms with Crippen molar-refractivity contribution in [2.45, 2.75) is 58.2 Å². The van der Waals surface area contributed by atoms with Gasteiger partial charge in [0, 0.05) is 24.0 Å². The van der Waals surface area contributed by atoms with E-state index in [0.29, 0.717) is 5.92 Å². The fourth-order valence-electron chi connectivity index (χ4n) is 2.63. The van der Waals surface area contributed by atoms with Crippen molar-refractivity contribution in [1.82, 2.24) is 5.32 Å². The van der Waals surface area contributed by atoms with E-state index >= 15 is 0 Å². The third-order valence-electron chi connectivity index (χ3n) is 4.47. The van der Waals surface area contributed by atoms with Crippen LogP contribution in [0, 0.1) is 11.3 Å². The van der Waals surface area contributed by atoms with Crippen molar-refractivity contribution in [3.8, 4) is 0 Å². The molecule has 4 unspecified atom stereocenters. The first-order valence-electron chi connectivity index (χ1n) is 6.65. The lowest BCUT2D eigenvalue weighted by molar-refractivity contribution is -0.145. The van der Waals surface area contributed by atoms with E-state index in [4.69, 9.17) is 10.5 Å². The minimum atomic E-state index is -0.320. The first-order chi connectivity index (χ1) is 7.97. The molecule has 1 heterocycles. The maximum atomic E-state index is 12.1. The van der Waals surface area contributed by atoms with Gasteiger partial charge in [-0.25, -0.2) is 0 Å². The largest absolute Gasteiger partial charge is 0.376 e. The molecule has 1 saturated heterocycles. The number of carbonyl (C=O) groups is 1. The van der Waals surface area contributed by atoms with Gasteiger partial charge in [0.25, 0.3) is 0 Å². The molecule has 3 N–H and O–H groups in total. The van der Waals surface area contributed by atoms with Crippen LogP contribution in [0.2, 0.25) is 0 Å². The summed E-state index contributed by atoms with van der Waals surface area (Å²) in [6, 6.07) is 0.0792. The summed E-state index contributed by atoms with van der Waals surface area (Å²) in [6.07, 6.45) is 3.21. The van der Waals surface area contributed by atoms with Crippen LogP contribution < -0.4 is 11.1 Å². The van der Waals surface area contributed by atoms with E-state index in [1.54, 1.807) is 0 Å².